The monoisotopic (exact) mass is 289 g/mol. The van der Waals surface area contributed by atoms with Crippen LogP contribution < -0.4 is 0 Å². The second-order valence-electron chi connectivity index (χ2n) is 3.88. The molecule has 0 spiro atoms. The lowest BCUT2D eigenvalue weighted by Gasteiger charge is -2.03. The van der Waals surface area contributed by atoms with E-state index in [2.05, 4.69) is 20.9 Å². The van der Waals surface area contributed by atoms with Gasteiger partial charge in [0.1, 0.15) is 0 Å². The van der Waals surface area contributed by atoms with Crippen molar-refractivity contribution in [3.63, 3.8) is 0 Å². The molecule has 2 rings (SSSR count). The fourth-order valence-electron chi connectivity index (χ4n) is 1.54. The molecule has 17 heavy (non-hydrogen) atoms. The number of pyridine rings is 1. The van der Waals surface area contributed by atoms with Gasteiger partial charge in [-0.25, -0.2) is 0 Å². The molecule has 1 aromatic heterocycles. The number of rotatable bonds is 3. The number of aryl methyl sites for hydroxylation is 1. The highest BCUT2D eigenvalue weighted by atomic mass is 79.9. The lowest BCUT2D eigenvalue weighted by atomic mass is 10.0. The number of hydrogen-bond donors (Lipinski definition) is 0. The average Bonchev–Trinajstić information content (AvgIpc) is 2.34. The van der Waals surface area contributed by atoms with Gasteiger partial charge in [0.2, 0.25) is 0 Å². The second kappa shape index (κ2) is 5.23. The lowest BCUT2D eigenvalue weighted by Crippen LogP contribution is -2.05. The van der Waals surface area contributed by atoms with Crippen LogP contribution in [0.1, 0.15) is 21.6 Å². The third-order valence-electron chi connectivity index (χ3n) is 2.56. The summed E-state index contributed by atoms with van der Waals surface area (Å²) in [5.74, 6) is 0.0874. The van der Waals surface area contributed by atoms with Crippen LogP contribution in [-0.2, 0) is 6.42 Å². The molecular formula is C14H12BrNO. The predicted octanol–water partition coefficient (Wildman–Crippen LogP) is 3.58. The zero-order chi connectivity index (χ0) is 12.3. The third kappa shape index (κ3) is 3.01. The summed E-state index contributed by atoms with van der Waals surface area (Å²) < 4.78 is 0.962. The fourth-order valence-corrected chi connectivity index (χ4v) is 1.91. The number of halogens is 1. The summed E-state index contributed by atoms with van der Waals surface area (Å²) in [6.07, 6.45) is 2.05. The molecule has 0 fully saturated rings. The van der Waals surface area contributed by atoms with Crippen LogP contribution in [0.25, 0.3) is 0 Å². The molecule has 2 nitrogen and oxygen atoms in total. The van der Waals surface area contributed by atoms with E-state index < -0.39 is 0 Å². The molecule has 0 saturated heterocycles. The summed E-state index contributed by atoms with van der Waals surface area (Å²) in [5, 5.41) is 0. The minimum Gasteiger partial charge on any atom is -0.294 e. The number of nitrogens with zero attached hydrogens (tertiary/aromatic N) is 1. The number of ketones is 1. The Bertz CT molecular complexity index is 537. The van der Waals surface area contributed by atoms with Crippen LogP contribution >= 0.6 is 15.9 Å². The van der Waals surface area contributed by atoms with Gasteiger partial charge in [-0.1, -0.05) is 34.1 Å². The number of Topliss-reactive ketones (excluding diaryl/α,β-unsaturated/α-hetero) is 1. The van der Waals surface area contributed by atoms with Crippen molar-refractivity contribution in [1.82, 2.24) is 4.98 Å². The largest absolute Gasteiger partial charge is 0.294 e. The first-order chi connectivity index (χ1) is 8.16. The van der Waals surface area contributed by atoms with Gasteiger partial charge in [0.05, 0.1) is 6.42 Å². The maximum absolute atomic E-state index is 12.0. The standard InChI is InChI=1S/C14H12BrNO/c1-10-5-6-11(8-13(10)15)14(17)9-12-4-2-3-7-16-12/h2-8H,9H2,1H3. The van der Waals surface area contributed by atoms with E-state index in [-0.39, 0.29) is 5.78 Å². The zero-order valence-corrected chi connectivity index (χ0v) is 11.1. The quantitative estimate of drug-likeness (QED) is 0.809. The van der Waals surface area contributed by atoms with Crippen LogP contribution in [0.2, 0.25) is 0 Å². The topological polar surface area (TPSA) is 30.0 Å². The van der Waals surface area contributed by atoms with E-state index in [0.717, 1.165) is 15.7 Å². The SMILES string of the molecule is Cc1ccc(C(=O)Cc2ccccn2)cc1Br. The summed E-state index contributed by atoms with van der Waals surface area (Å²) in [7, 11) is 0. The molecule has 0 aliphatic rings. The van der Waals surface area contributed by atoms with Crippen molar-refractivity contribution in [2.24, 2.45) is 0 Å². The fraction of sp³-hybridized carbons (Fsp3) is 0.143. The summed E-state index contributed by atoms with van der Waals surface area (Å²) >= 11 is 3.43. The van der Waals surface area contributed by atoms with Crippen molar-refractivity contribution in [1.29, 1.82) is 0 Å². The molecule has 0 aliphatic carbocycles. The van der Waals surface area contributed by atoms with Crippen molar-refractivity contribution in [3.05, 3.63) is 63.9 Å². The first-order valence-electron chi connectivity index (χ1n) is 5.36. The zero-order valence-electron chi connectivity index (χ0n) is 9.48. The van der Waals surface area contributed by atoms with Crippen LogP contribution in [0.4, 0.5) is 0 Å². The van der Waals surface area contributed by atoms with Crippen LogP contribution in [0.5, 0.6) is 0 Å². The van der Waals surface area contributed by atoms with Crippen LogP contribution in [0.15, 0.2) is 47.1 Å². The number of carbonyl (C=O) groups excluding carboxylic acids is 1. The van der Waals surface area contributed by atoms with E-state index in [4.69, 9.17) is 0 Å². The van der Waals surface area contributed by atoms with Crippen molar-refractivity contribution in [2.45, 2.75) is 13.3 Å². The molecule has 0 bridgehead atoms. The highest BCUT2D eigenvalue weighted by Gasteiger charge is 2.08. The number of benzene rings is 1. The van der Waals surface area contributed by atoms with Gasteiger partial charge in [0.25, 0.3) is 0 Å². The van der Waals surface area contributed by atoms with Crippen LogP contribution in [-0.4, -0.2) is 10.8 Å². The van der Waals surface area contributed by atoms with E-state index in [1.54, 1.807) is 6.20 Å². The van der Waals surface area contributed by atoms with Gasteiger partial charge in [-0.05, 0) is 30.7 Å². The molecule has 0 atom stereocenters. The second-order valence-corrected chi connectivity index (χ2v) is 4.74. The number of aromatic nitrogens is 1. The van der Waals surface area contributed by atoms with E-state index in [0.29, 0.717) is 12.0 Å². The van der Waals surface area contributed by atoms with E-state index >= 15 is 0 Å². The third-order valence-corrected chi connectivity index (χ3v) is 3.42. The van der Waals surface area contributed by atoms with Gasteiger partial charge in [0.15, 0.2) is 5.78 Å². The van der Waals surface area contributed by atoms with Gasteiger partial charge in [-0.2, -0.15) is 0 Å². The Morgan fingerprint density at radius 1 is 1.29 bits per heavy atom. The molecule has 0 amide bonds. The van der Waals surface area contributed by atoms with E-state index in [1.807, 2.05) is 43.3 Å². The Morgan fingerprint density at radius 3 is 2.76 bits per heavy atom. The highest BCUT2D eigenvalue weighted by Crippen LogP contribution is 2.18. The highest BCUT2D eigenvalue weighted by molar-refractivity contribution is 9.10. The van der Waals surface area contributed by atoms with Gasteiger partial charge in [0, 0.05) is 21.9 Å². The molecule has 0 N–H and O–H groups in total. The summed E-state index contributed by atoms with van der Waals surface area (Å²) in [6.45, 7) is 2.00. The molecule has 86 valence electrons. The summed E-state index contributed by atoms with van der Waals surface area (Å²) in [6, 6.07) is 11.2. The maximum Gasteiger partial charge on any atom is 0.168 e. The predicted molar refractivity (Wildman–Crippen MR) is 71.2 cm³/mol. The van der Waals surface area contributed by atoms with Gasteiger partial charge in [-0.15, -0.1) is 0 Å². The Hall–Kier alpha value is -1.48. The Labute approximate surface area is 109 Å². The van der Waals surface area contributed by atoms with Crippen LogP contribution in [0, 0.1) is 6.92 Å². The van der Waals surface area contributed by atoms with Gasteiger partial charge >= 0.3 is 0 Å². The molecule has 0 saturated carbocycles. The first kappa shape index (κ1) is 12.0. The van der Waals surface area contributed by atoms with Crippen LogP contribution in [0.3, 0.4) is 0 Å². The van der Waals surface area contributed by atoms with Crippen molar-refractivity contribution < 1.29 is 4.79 Å². The molecular weight excluding hydrogens is 278 g/mol. The minimum absolute atomic E-state index is 0.0874. The van der Waals surface area contributed by atoms with E-state index in [9.17, 15) is 4.79 Å². The molecule has 1 heterocycles. The molecule has 1 aromatic carbocycles. The maximum atomic E-state index is 12.0. The lowest BCUT2D eigenvalue weighted by molar-refractivity contribution is 0.0992. The number of hydrogen-bond acceptors (Lipinski definition) is 2. The molecule has 0 radical (unpaired) electrons. The Morgan fingerprint density at radius 2 is 2.12 bits per heavy atom. The van der Waals surface area contributed by atoms with Gasteiger partial charge in [-0.3, -0.25) is 9.78 Å². The first-order valence-corrected chi connectivity index (χ1v) is 6.15. The normalized spacial score (nSPS) is 10.2. The molecule has 3 heteroatoms. The molecule has 0 aliphatic heterocycles. The Kier molecular flexibility index (Phi) is 3.69. The summed E-state index contributed by atoms with van der Waals surface area (Å²) in [5.41, 5.74) is 2.64. The summed E-state index contributed by atoms with van der Waals surface area (Å²) in [4.78, 5) is 16.2. The minimum atomic E-state index is 0.0874. The average molecular weight is 290 g/mol. The van der Waals surface area contributed by atoms with Crippen molar-refractivity contribution in [2.75, 3.05) is 0 Å². The molecule has 0 unspecified atom stereocenters. The van der Waals surface area contributed by atoms with Crippen molar-refractivity contribution >= 4 is 21.7 Å². The van der Waals surface area contributed by atoms with Gasteiger partial charge < -0.3 is 0 Å². The van der Waals surface area contributed by atoms with E-state index in [1.165, 1.54) is 0 Å². The van der Waals surface area contributed by atoms with Crippen molar-refractivity contribution in [3.8, 4) is 0 Å². The Balaban J connectivity index is 2.18. The smallest absolute Gasteiger partial charge is 0.168 e. The number of carbonyl (C=O) groups is 1. The molecule has 2 aromatic rings.